The van der Waals surface area contributed by atoms with Gasteiger partial charge in [0.2, 0.25) is 0 Å². The van der Waals surface area contributed by atoms with Gasteiger partial charge in [0.15, 0.2) is 5.82 Å². The van der Waals surface area contributed by atoms with E-state index in [2.05, 4.69) is 0 Å². The van der Waals surface area contributed by atoms with Crippen molar-refractivity contribution in [3.8, 4) is 11.5 Å². The van der Waals surface area contributed by atoms with Crippen LogP contribution in [-0.4, -0.2) is 40.2 Å². The third-order valence-corrected chi connectivity index (χ3v) is 7.20. The molecule has 0 aromatic heterocycles. The lowest BCUT2D eigenvalue weighted by Gasteiger charge is -2.23. The summed E-state index contributed by atoms with van der Waals surface area (Å²) in [4.78, 5) is 11.9. The predicted octanol–water partition coefficient (Wildman–Crippen LogP) is 3.93. The zero-order chi connectivity index (χ0) is 25.2. The molecule has 3 aromatic carbocycles. The van der Waals surface area contributed by atoms with Crippen LogP contribution in [-0.2, 0) is 26.3 Å². The molecule has 3 aromatic rings. The van der Waals surface area contributed by atoms with Crippen LogP contribution in [0, 0.1) is 5.82 Å². The molecular formula is C25H27FN2O6S. The van der Waals surface area contributed by atoms with E-state index in [0.29, 0.717) is 28.5 Å². The quantitative estimate of drug-likeness (QED) is 0.477. The molecule has 1 N–H and O–H groups in total. The van der Waals surface area contributed by atoms with Crippen LogP contribution < -0.4 is 18.5 Å². The van der Waals surface area contributed by atoms with Gasteiger partial charge in [-0.25, -0.2) is 13.4 Å². The fourth-order valence-electron chi connectivity index (χ4n) is 3.63. The van der Waals surface area contributed by atoms with E-state index in [4.69, 9.17) is 14.2 Å². The maximum absolute atomic E-state index is 15.9. The second-order valence-electron chi connectivity index (χ2n) is 8.79. The Morgan fingerprint density at radius 2 is 1.83 bits per heavy atom. The van der Waals surface area contributed by atoms with Gasteiger partial charge in [0, 0.05) is 18.9 Å². The number of halogens is 1. The van der Waals surface area contributed by atoms with E-state index in [-0.39, 0.29) is 29.0 Å². The fourth-order valence-corrected chi connectivity index (χ4v) is 4.79. The van der Waals surface area contributed by atoms with Gasteiger partial charge in [-0.05, 0) is 43.0 Å². The lowest BCUT2D eigenvalue weighted by molar-refractivity contribution is -0.117. The van der Waals surface area contributed by atoms with Crippen molar-refractivity contribution in [3.05, 3.63) is 66.0 Å². The van der Waals surface area contributed by atoms with E-state index in [1.54, 1.807) is 25.3 Å². The van der Waals surface area contributed by atoms with Crippen molar-refractivity contribution in [2.45, 2.75) is 32.5 Å². The summed E-state index contributed by atoms with van der Waals surface area (Å²) in [5.41, 5.74) is 0.119. The topological polar surface area (TPSA) is 94.2 Å². The van der Waals surface area contributed by atoms with E-state index in [0.717, 1.165) is 5.56 Å². The minimum atomic E-state index is -4.26. The molecule has 1 heterocycles. The second kappa shape index (κ2) is 9.71. The van der Waals surface area contributed by atoms with Gasteiger partial charge in [-0.1, -0.05) is 36.4 Å². The van der Waals surface area contributed by atoms with Crippen LogP contribution in [0.1, 0.15) is 25.8 Å². The van der Waals surface area contributed by atoms with Gasteiger partial charge in [-0.3, -0.25) is 4.79 Å². The van der Waals surface area contributed by atoms with Crippen molar-refractivity contribution >= 4 is 32.6 Å². The molecule has 0 radical (unpaired) electrons. The first kappa shape index (κ1) is 24.7. The maximum Gasteiger partial charge on any atom is 0.326 e. The number of rotatable bonds is 9. The molecule has 1 fully saturated rings. The van der Waals surface area contributed by atoms with Gasteiger partial charge >= 0.3 is 10.2 Å². The summed E-state index contributed by atoms with van der Waals surface area (Å²) in [5.74, 6) is -1.15. The molecule has 0 saturated carbocycles. The van der Waals surface area contributed by atoms with Crippen molar-refractivity contribution in [1.29, 1.82) is 0 Å². The molecule has 1 aliphatic rings. The number of fused-ring (bicyclic) bond motifs is 1. The Morgan fingerprint density at radius 3 is 2.49 bits per heavy atom. The Bertz CT molecular complexity index is 1350. The smallest absolute Gasteiger partial charge is 0.326 e. The third kappa shape index (κ3) is 5.49. The second-order valence-corrected chi connectivity index (χ2v) is 10.4. The van der Waals surface area contributed by atoms with Crippen molar-refractivity contribution in [2.75, 3.05) is 24.6 Å². The van der Waals surface area contributed by atoms with Crippen LogP contribution in [0.15, 0.2) is 54.6 Å². The molecule has 0 unspecified atom stereocenters. The lowest BCUT2D eigenvalue weighted by atomic mass is 10.1. The van der Waals surface area contributed by atoms with Crippen molar-refractivity contribution in [3.63, 3.8) is 0 Å². The molecule has 0 aliphatic carbocycles. The molecule has 35 heavy (non-hydrogen) atoms. The van der Waals surface area contributed by atoms with Gasteiger partial charge in [-0.2, -0.15) is 8.42 Å². The van der Waals surface area contributed by atoms with Gasteiger partial charge in [0.25, 0.3) is 5.91 Å². The molecule has 10 heteroatoms. The number of ether oxygens (including phenoxy) is 3. The Balaban J connectivity index is 1.72. The number of hydrogen-bond acceptors (Lipinski definition) is 6. The monoisotopic (exact) mass is 502 g/mol. The van der Waals surface area contributed by atoms with E-state index in [1.165, 1.54) is 6.07 Å². The molecule has 1 aliphatic heterocycles. The van der Waals surface area contributed by atoms with E-state index in [9.17, 15) is 13.2 Å². The van der Waals surface area contributed by atoms with E-state index in [1.807, 2.05) is 48.9 Å². The van der Waals surface area contributed by atoms with Crippen molar-refractivity contribution in [1.82, 2.24) is 4.72 Å². The van der Waals surface area contributed by atoms with E-state index >= 15 is 4.39 Å². The Labute approximate surface area is 203 Å². The molecule has 186 valence electrons. The number of methoxy groups -OCH3 is 1. The number of carbonyl (C=O) groups excluding carboxylic acids is 1. The molecule has 0 atom stereocenters. The van der Waals surface area contributed by atoms with Crippen LogP contribution in [0.4, 0.5) is 10.1 Å². The number of amides is 1. The summed E-state index contributed by atoms with van der Waals surface area (Å²) in [6, 6.07) is 15.7. The van der Waals surface area contributed by atoms with Crippen LogP contribution in [0.3, 0.4) is 0 Å². The van der Waals surface area contributed by atoms with Gasteiger partial charge in [0.1, 0.15) is 30.3 Å². The summed E-state index contributed by atoms with van der Waals surface area (Å²) in [6.45, 7) is 3.76. The average Bonchev–Trinajstić information content (AvgIpc) is 3.10. The SMILES string of the molecule is COC(C)(C)CCOc1ccc2cc(OCc3ccccc3)c(N3CC(=O)NS3(=O)=O)c(F)c2c1. The molecule has 0 bridgehead atoms. The maximum atomic E-state index is 15.9. The standard InChI is InChI=1S/C25H27FN2O6S/c1-25(2,32-3)11-12-33-19-10-9-18-13-21(34-16-17-7-5-4-6-8-17)24(23(26)20(18)14-19)28-15-22(29)27-35(28,30)31/h4-10,13-14H,11-12,15-16H2,1-3H3,(H,27,29). The minimum Gasteiger partial charge on any atom is -0.493 e. The number of nitrogens with zero attached hydrogens (tertiary/aromatic N) is 1. The summed E-state index contributed by atoms with van der Waals surface area (Å²) < 4.78 is 60.6. The summed E-state index contributed by atoms with van der Waals surface area (Å²) in [7, 11) is -2.64. The number of nitrogens with one attached hydrogen (secondary N) is 1. The summed E-state index contributed by atoms with van der Waals surface area (Å²) in [5, 5.41) is 0.639. The Kier molecular flexibility index (Phi) is 6.86. The van der Waals surface area contributed by atoms with Crippen molar-refractivity contribution in [2.24, 2.45) is 0 Å². The number of carbonyl (C=O) groups is 1. The van der Waals surface area contributed by atoms with Gasteiger partial charge < -0.3 is 14.2 Å². The molecule has 8 nitrogen and oxygen atoms in total. The van der Waals surface area contributed by atoms with Crippen LogP contribution in [0.25, 0.3) is 10.8 Å². The van der Waals surface area contributed by atoms with E-state index < -0.39 is 28.5 Å². The molecule has 4 rings (SSSR count). The molecule has 0 spiro atoms. The van der Waals surface area contributed by atoms with Crippen LogP contribution >= 0.6 is 0 Å². The summed E-state index contributed by atoms with van der Waals surface area (Å²) in [6.07, 6.45) is 0.612. The van der Waals surface area contributed by atoms with Crippen molar-refractivity contribution < 1.29 is 31.8 Å². The largest absolute Gasteiger partial charge is 0.493 e. The molecular weight excluding hydrogens is 475 g/mol. The minimum absolute atomic E-state index is 0.00874. The van der Waals surface area contributed by atoms with Gasteiger partial charge in [0.05, 0.1) is 12.2 Å². The Morgan fingerprint density at radius 1 is 1.09 bits per heavy atom. The van der Waals surface area contributed by atoms with Gasteiger partial charge in [-0.15, -0.1) is 0 Å². The number of benzene rings is 3. The van der Waals surface area contributed by atoms with Crippen LogP contribution in [0.2, 0.25) is 0 Å². The highest BCUT2D eigenvalue weighted by atomic mass is 32.2. The lowest BCUT2D eigenvalue weighted by Crippen LogP contribution is -2.30. The highest BCUT2D eigenvalue weighted by molar-refractivity contribution is 7.92. The van der Waals surface area contributed by atoms with Crippen LogP contribution in [0.5, 0.6) is 11.5 Å². The molecule has 1 amide bonds. The fraction of sp³-hybridized carbons (Fsp3) is 0.320. The normalized spacial score (nSPS) is 15.3. The third-order valence-electron chi connectivity index (χ3n) is 5.82. The first-order chi connectivity index (χ1) is 16.6. The molecule has 1 saturated heterocycles. The Hall–Kier alpha value is -3.37. The predicted molar refractivity (Wildman–Crippen MR) is 130 cm³/mol. The number of hydrogen-bond donors (Lipinski definition) is 1. The number of anilines is 1. The highest BCUT2D eigenvalue weighted by Gasteiger charge is 2.38. The first-order valence-electron chi connectivity index (χ1n) is 11.0. The first-order valence-corrected chi connectivity index (χ1v) is 12.5. The summed E-state index contributed by atoms with van der Waals surface area (Å²) >= 11 is 0. The highest BCUT2D eigenvalue weighted by Crippen LogP contribution is 2.40. The average molecular weight is 503 g/mol. The zero-order valence-electron chi connectivity index (χ0n) is 19.7. The zero-order valence-corrected chi connectivity index (χ0v) is 20.5.